The topological polar surface area (TPSA) is 237 Å². The lowest BCUT2D eigenvalue weighted by molar-refractivity contribution is -0.161. The number of allylic oxidation sites excluding steroid dienone is 8. The molecule has 0 radical (unpaired) electrons. The van der Waals surface area contributed by atoms with E-state index in [4.69, 9.17) is 37.0 Å². The molecule has 0 aromatic rings. The van der Waals surface area contributed by atoms with Crippen molar-refractivity contribution in [1.29, 1.82) is 0 Å². The van der Waals surface area contributed by atoms with Crippen molar-refractivity contribution < 1.29 is 80.2 Å². The molecule has 2 unspecified atom stereocenters. The third kappa shape index (κ3) is 71.4. The number of hydrogen-bond donors (Lipinski definition) is 3. The molecule has 0 heterocycles. The van der Waals surface area contributed by atoms with Crippen LogP contribution in [0.5, 0.6) is 0 Å². The largest absolute Gasteiger partial charge is 0.472 e. The number of esters is 4. The molecular formula is C79H146O17P2. The van der Waals surface area contributed by atoms with Gasteiger partial charge in [-0.3, -0.25) is 37.3 Å². The van der Waals surface area contributed by atoms with Crippen LogP contribution < -0.4 is 0 Å². The number of unbranched alkanes of at least 4 members (excludes halogenated alkanes) is 42. The first kappa shape index (κ1) is 95.0. The van der Waals surface area contributed by atoms with Gasteiger partial charge in [0.25, 0.3) is 0 Å². The third-order valence-electron chi connectivity index (χ3n) is 17.3. The first-order valence-corrected chi connectivity index (χ1v) is 42.9. The van der Waals surface area contributed by atoms with Gasteiger partial charge in [-0.05, 0) is 109 Å². The van der Waals surface area contributed by atoms with Crippen molar-refractivity contribution in [2.45, 2.75) is 393 Å². The second kappa shape index (κ2) is 72.4. The molecule has 0 aliphatic carbocycles. The zero-order valence-corrected chi connectivity index (χ0v) is 64.5. The van der Waals surface area contributed by atoms with E-state index in [1.165, 1.54) is 135 Å². The highest BCUT2D eigenvalue weighted by atomic mass is 31.2. The van der Waals surface area contributed by atoms with E-state index >= 15 is 0 Å². The van der Waals surface area contributed by atoms with E-state index in [9.17, 15) is 43.2 Å². The Morgan fingerprint density at radius 2 is 0.500 bits per heavy atom. The SMILES string of the molecule is CCCCC/C=C\C/C=C\CCCCCCCC(=O)OC[C@H](COP(=O)(O)OC[C@@H](O)COP(=O)(O)OC[C@@H](COC(=O)CCCCCCC/C=C\CCCCCCCC)OC(=O)CCCCCCCCC/C=C\CCCCCC)OC(=O)CCCCCCCCCCCCCCC. The predicted octanol–water partition coefficient (Wildman–Crippen LogP) is 22.9. The molecule has 17 nitrogen and oxygen atoms in total. The molecule has 0 amide bonds. The summed E-state index contributed by atoms with van der Waals surface area (Å²) in [5.74, 6) is -2.17. The summed E-state index contributed by atoms with van der Waals surface area (Å²) in [5, 5.41) is 10.6. The van der Waals surface area contributed by atoms with Crippen molar-refractivity contribution >= 4 is 39.5 Å². The van der Waals surface area contributed by atoms with E-state index in [-0.39, 0.29) is 25.7 Å². The van der Waals surface area contributed by atoms with E-state index in [2.05, 4.69) is 76.3 Å². The second-order valence-corrected chi connectivity index (χ2v) is 29.9. The van der Waals surface area contributed by atoms with Gasteiger partial charge < -0.3 is 33.8 Å². The monoisotopic (exact) mass is 1430 g/mol. The molecule has 0 fully saturated rings. The van der Waals surface area contributed by atoms with Gasteiger partial charge in [0.1, 0.15) is 19.3 Å². The quantitative estimate of drug-likeness (QED) is 0.0169. The van der Waals surface area contributed by atoms with Crippen molar-refractivity contribution in [3.8, 4) is 0 Å². The summed E-state index contributed by atoms with van der Waals surface area (Å²) >= 11 is 0. The maximum atomic E-state index is 13.1. The normalized spacial score (nSPS) is 14.2. The highest BCUT2D eigenvalue weighted by Crippen LogP contribution is 2.45. The Hall–Kier alpha value is -2.98. The molecule has 0 bridgehead atoms. The maximum Gasteiger partial charge on any atom is 0.472 e. The summed E-state index contributed by atoms with van der Waals surface area (Å²) < 4.78 is 68.6. The fourth-order valence-electron chi connectivity index (χ4n) is 11.1. The summed E-state index contributed by atoms with van der Waals surface area (Å²) in [5.41, 5.74) is 0. The Kier molecular flexibility index (Phi) is 70.2. The average Bonchev–Trinajstić information content (AvgIpc) is 0.959. The van der Waals surface area contributed by atoms with E-state index in [1.807, 2.05) is 0 Å². The number of ether oxygens (including phenoxy) is 4. The molecule has 0 saturated heterocycles. The van der Waals surface area contributed by atoms with Crippen molar-refractivity contribution in [3.63, 3.8) is 0 Å². The van der Waals surface area contributed by atoms with Crippen LogP contribution in [-0.2, 0) is 65.4 Å². The van der Waals surface area contributed by atoms with Crippen LogP contribution in [0.1, 0.15) is 374 Å². The lowest BCUT2D eigenvalue weighted by atomic mass is 10.0. The summed E-state index contributed by atoms with van der Waals surface area (Å²) in [7, 11) is -9.94. The van der Waals surface area contributed by atoms with Gasteiger partial charge in [-0.1, -0.05) is 288 Å². The molecule has 19 heteroatoms. The standard InChI is InChI=1S/C79H146O17P2/c1-5-9-13-17-21-25-29-33-36-40-43-47-51-55-59-63-76(81)89-69-74(95-78(83)65-61-57-53-49-45-39-32-28-24-20-16-12-8-4)71-93-97(85,86)91-67-73(80)68-92-98(87,88)94-72-75(96-79(84)66-62-58-54-50-46-42-38-35-31-27-23-19-15-11-7-3)70-90-77(82)64-60-56-52-48-44-41-37-34-30-26-22-18-14-10-6-2/h21,25,27,31,33-34,36-37,73-75,80H,5-20,22-24,26,28-30,32,35,38-72H2,1-4H3,(H,85,86)(H,87,88)/b25-21-,31-27-,36-33-,37-34-/t73-,74-,75-/m1/s1. The highest BCUT2D eigenvalue weighted by molar-refractivity contribution is 7.47. The summed E-state index contributed by atoms with van der Waals surface area (Å²) in [4.78, 5) is 72.9. The molecule has 0 aromatic heterocycles. The van der Waals surface area contributed by atoms with E-state index in [0.29, 0.717) is 25.7 Å². The van der Waals surface area contributed by atoms with Gasteiger partial charge in [0.05, 0.1) is 26.4 Å². The van der Waals surface area contributed by atoms with Crippen LogP contribution in [0.3, 0.4) is 0 Å². The van der Waals surface area contributed by atoms with Gasteiger partial charge in [-0.2, -0.15) is 0 Å². The predicted molar refractivity (Wildman–Crippen MR) is 400 cm³/mol. The summed E-state index contributed by atoms with van der Waals surface area (Å²) in [6.45, 7) is 4.88. The Balaban J connectivity index is 5.32. The Morgan fingerprint density at radius 3 is 0.796 bits per heavy atom. The second-order valence-electron chi connectivity index (χ2n) is 27.0. The fraction of sp³-hybridized carbons (Fsp3) is 0.848. The van der Waals surface area contributed by atoms with Crippen LogP contribution in [0.4, 0.5) is 0 Å². The zero-order chi connectivity index (χ0) is 71.8. The van der Waals surface area contributed by atoms with Gasteiger partial charge in [-0.25, -0.2) is 9.13 Å². The van der Waals surface area contributed by atoms with Crippen molar-refractivity contribution in [2.24, 2.45) is 0 Å². The number of rotatable bonds is 76. The minimum Gasteiger partial charge on any atom is -0.462 e. The maximum absolute atomic E-state index is 13.1. The van der Waals surface area contributed by atoms with E-state index < -0.39 is 97.5 Å². The van der Waals surface area contributed by atoms with Gasteiger partial charge in [-0.15, -0.1) is 0 Å². The Labute approximate surface area is 597 Å². The molecule has 0 rings (SSSR count). The molecule has 574 valence electrons. The minimum atomic E-state index is -4.97. The highest BCUT2D eigenvalue weighted by Gasteiger charge is 2.30. The molecule has 0 spiro atoms. The third-order valence-corrected chi connectivity index (χ3v) is 19.2. The Bertz CT molecular complexity index is 2050. The first-order chi connectivity index (χ1) is 47.7. The minimum absolute atomic E-state index is 0.0936. The summed E-state index contributed by atoms with van der Waals surface area (Å²) in [6.07, 6.45) is 69.4. The molecule has 0 aromatic carbocycles. The van der Waals surface area contributed by atoms with Crippen molar-refractivity contribution in [1.82, 2.24) is 0 Å². The summed E-state index contributed by atoms with van der Waals surface area (Å²) in [6, 6.07) is 0. The van der Waals surface area contributed by atoms with Crippen molar-refractivity contribution in [2.75, 3.05) is 39.6 Å². The molecule has 5 atom stereocenters. The van der Waals surface area contributed by atoms with Crippen LogP contribution in [0.15, 0.2) is 48.6 Å². The number of hydrogen-bond acceptors (Lipinski definition) is 15. The van der Waals surface area contributed by atoms with Crippen LogP contribution in [0.2, 0.25) is 0 Å². The number of aliphatic hydroxyl groups excluding tert-OH is 1. The van der Waals surface area contributed by atoms with Gasteiger partial charge in [0.2, 0.25) is 0 Å². The lowest BCUT2D eigenvalue weighted by Crippen LogP contribution is -2.30. The number of phosphoric ester groups is 2. The number of carbonyl (C=O) groups excluding carboxylic acids is 4. The lowest BCUT2D eigenvalue weighted by Gasteiger charge is -2.21. The van der Waals surface area contributed by atoms with Crippen LogP contribution in [0.25, 0.3) is 0 Å². The smallest absolute Gasteiger partial charge is 0.462 e. The van der Waals surface area contributed by atoms with Crippen LogP contribution in [-0.4, -0.2) is 96.7 Å². The fourth-order valence-corrected chi connectivity index (χ4v) is 12.7. The number of aliphatic hydroxyl groups is 1. The number of carbonyl (C=O) groups is 4. The van der Waals surface area contributed by atoms with Crippen LogP contribution in [0, 0.1) is 0 Å². The molecular weight excluding hydrogens is 1280 g/mol. The number of phosphoric acid groups is 2. The Morgan fingerprint density at radius 1 is 0.286 bits per heavy atom. The molecule has 98 heavy (non-hydrogen) atoms. The van der Waals surface area contributed by atoms with E-state index in [1.54, 1.807) is 0 Å². The average molecular weight is 1430 g/mol. The molecule has 3 N–H and O–H groups in total. The molecule has 0 aliphatic rings. The molecule has 0 saturated carbocycles. The van der Waals surface area contributed by atoms with Crippen molar-refractivity contribution in [3.05, 3.63) is 48.6 Å². The zero-order valence-electron chi connectivity index (χ0n) is 62.7. The van der Waals surface area contributed by atoms with Crippen LogP contribution >= 0.6 is 15.6 Å². The van der Waals surface area contributed by atoms with Gasteiger partial charge >= 0.3 is 39.5 Å². The molecule has 0 aliphatic heterocycles. The van der Waals surface area contributed by atoms with Gasteiger partial charge in [0, 0.05) is 25.7 Å². The van der Waals surface area contributed by atoms with Gasteiger partial charge in [0.15, 0.2) is 12.2 Å². The first-order valence-electron chi connectivity index (χ1n) is 39.9. The van der Waals surface area contributed by atoms with E-state index in [0.717, 1.165) is 161 Å².